The number of nitrogens with one attached hydrogen (secondary N) is 1. The molecular weight excluding hydrogens is 268 g/mol. The molecule has 0 unspecified atom stereocenters. The molecule has 0 aliphatic rings. The number of carbonyl (C=O) groups is 1. The molecule has 0 heterocycles. The summed E-state index contributed by atoms with van der Waals surface area (Å²) in [5, 5.41) is 2.72. The molecule has 0 fully saturated rings. The van der Waals surface area contributed by atoms with E-state index < -0.39 is 0 Å². The van der Waals surface area contributed by atoms with Crippen molar-refractivity contribution in [3.63, 3.8) is 0 Å². The molecule has 5 nitrogen and oxygen atoms in total. The van der Waals surface area contributed by atoms with E-state index in [2.05, 4.69) is 5.32 Å². The molecule has 0 saturated heterocycles. The van der Waals surface area contributed by atoms with Crippen molar-refractivity contribution < 1.29 is 14.3 Å². The predicted molar refractivity (Wildman–Crippen MR) is 82.7 cm³/mol. The van der Waals surface area contributed by atoms with Crippen molar-refractivity contribution in [2.45, 2.75) is 6.92 Å². The maximum Gasteiger partial charge on any atom is 0.262 e. The average molecular weight is 286 g/mol. The van der Waals surface area contributed by atoms with Crippen LogP contribution in [0, 0.1) is 6.92 Å². The van der Waals surface area contributed by atoms with Gasteiger partial charge in [0.15, 0.2) is 18.1 Å². The van der Waals surface area contributed by atoms with Gasteiger partial charge in [-0.3, -0.25) is 4.79 Å². The molecule has 21 heavy (non-hydrogen) atoms. The number of carbonyl (C=O) groups excluding carboxylic acids is 1. The molecule has 0 aromatic heterocycles. The van der Waals surface area contributed by atoms with Crippen molar-refractivity contribution in [2.75, 3.05) is 24.8 Å². The molecule has 0 radical (unpaired) electrons. The van der Waals surface area contributed by atoms with Crippen LogP contribution >= 0.6 is 0 Å². The number of aryl methyl sites for hydroxylation is 1. The molecule has 0 aliphatic carbocycles. The van der Waals surface area contributed by atoms with E-state index in [-0.39, 0.29) is 12.5 Å². The Morgan fingerprint density at radius 3 is 2.71 bits per heavy atom. The number of anilines is 2. The molecule has 0 spiro atoms. The summed E-state index contributed by atoms with van der Waals surface area (Å²) in [6.07, 6.45) is 0. The van der Waals surface area contributed by atoms with Gasteiger partial charge in [-0.05, 0) is 42.8 Å². The Morgan fingerprint density at radius 1 is 1.19 bits per heavy atom. The maximum atomic E-state index is 11.8. The molecule has 1 amide bonds. The second-order valence-corrected chi connectivity index (χ2v) is 4.62. The quantitative estimate of drug-likeness (QED) is 0.829. The van der Waals surface area contributed by atoms with Crippen molar-refractivity contribution >= 4 is 17.3 Å². The van der Waals surface area contributed by atoms with E-state index in [1.165, 1.54) is 0 Å². The number of amides is 1. The van der Waals surface area contributed by atoms with Crippen LogP contribution in [0.25, 0.3) is 0 Å². The number of nitrogens with two attached hydrogens (primary N) is 1. The molecule has 0 bridgehead atoms. The monoisotopic (exact) mass is 286 g/mol. The van der Waals surface area contributed by atoms with Crippen molar-refractivity contribution in [3.05, 3.63) is 48.0 Å². The van der Waals surface area contributed by atoms with Crippen molar-refractivity contribution in [3.8, 4) is 11.5 Å². The summed E-state index contributed by atoms with van der Waals surface area (Å²) in [6.45, 7) is 1.85. The van der Waals surface area contributed by atoms with E-state index in [1.54, 1.807) is 37.4 Å². The van der Waals surface area contributed by atoms with Crippen molar-refractivity contribution in [1.29, 1.82) is 0 Å². The number of nitrogen functional groups attached to an aromatic ring is 1. The van der Waals surface area contributed by atoms with Crippen molar-refractivity contribution in [2.24, 2.45) is 0 Å². The SMILES string of the molecule is COc1cc(C)ccc1OCC(=O)Nc1cccc(N)c1. The van der Waals surface area contributed by atoms with Crippen LogP contribution in [0.15, 0.2) is 42.5 Å². The molecule has 2 aromatic carbocycles. The van der Waals surface area contributed by atoms with Gasteiger partial charge >= 0.3 is 0 Å². The number of ether oxygens (including phenoxy) is 2. The third-order valence-electron chi connectivity index (χ3n) is 2.85. The van der Waals surface area contributed by atoms with Crippen LogP contribution in [0.5, 0.6) is 11.5 Å². The summed E-state index contributed by atoms with van der Waals surface area (Å²) in [7, 11) is 1.56. The standard InChI is InChI=1S/C16H18N2O3/c1-11-6-7-14(15(8-11)20-2)21-10-16(19)18-13-5-3-4-12(17)9-13/h3-9H,10,17H2,1-2H3,(H,18,19). The maximum absolute atomic E-state index is 11.8. The Hall–Kier alpha value is -2.69. The highest BCUT2D eigenvalue weighted by atomic mass is 16.5. The highest BCUT2D eigenvalue weighted by molar-refractivity contribution is 5.92. The van der Waals surface area contributed by atoms with Crippen LogP contribution in [0.2, 0.25) is 0 Å². The van der Waals surface area contributed by atoms with Crippen LogP contribution < -0.4 is 20.5 Å². The lowest BCUT2D eigenvalue weighted by Gasteiger charge is -2.11. The zero-order valence-electron chi connectivity index (χ0n) is 12.1. The average Bonchev–Trinajstić information content (AvgIpc) is 2.45. The molecule has 2 rings (SSSR count). The van der Waals surface area contributed by atoms with E-state index in [0.29, 0.717) is 22.9 Å². The fraction of sp³-hybridized carbons (Fsp3) is 0.188. The van der Waals surface area contributed by atoms with Crippen LogP contribution in [-0.4, -0.2) is 19.6 Å². The molecule has 110 valence electrons. The third-order valence-corrected chi connectivity index (χ3v) is 2.85. The summed E-state index contributed by atoms with van der Waals surface area (Å²) >= 11 is 0. The minimum atomic E-state index is -0.261. The van der Waals surface area contributed by atoms with Gasteiger partial charge in [0, 0.05) is 11.4 Å². The fourth-order valence-electron chi connectivity index (χ4n) is 1.85. The lowest BCUT2D eigenvalue weighted by atomic mass is 10.2. The van der Waals surface area contributed by atoms with Gasteiger partial charge < -0.3 is 20.5 Å². The molecule has 0 aliphatic heterocycles. The van der Waals surface area contributed by atoms with Gasteiger partial charge in [-0.25, -0.2) is 0 Å². The first-order valence-corrected chi connectivity index (χ1v) is 6.51. The van der Waals surface area contributed by atoms with Crippen LogP contribution in [0.3, 0.4) is 0 Å². The minimum absolute atomic E-state index is 0.103. The molecule has 2 aromatic rings. The van der Waals surface area contributed by atoms with E-state index in [4.69, 9.17) is 15.2 Å². The largest absolute Gasteiger partial charge is 0.493 e. The Kier molecular flexibility index (Phi) is 4.66. The van der Waals surface area contributed by atoms with Gasteiger partial charge in [0.2, 0.25) is 0 Å². The Balaban J connectivity index is 1.95. The number of benzene rings is 2. The number of hydrogen-bond donors (Lipinski definition) is 2. The first-order chi connectivity index (χ1) is 10.1. The van der Waals surface area contributed by atoms with Gasteiger partial charge in [-0.2, -0.15) is 0 Å². The van der Waals surface area contributed by atoms with Crippen molar-refractivity contribution in [1.82, 2.24) is 0 Å². The summed E-state index contributed by atoms with van der Waals surface area (Å²) in [4.78, 5) is 11.8. The van der Waals surface area contributed by atoms with E-state index in [1.807, 2.05) is 19.1 Å². The van der Waals surface area contributed by atoms with E-state index >= 15 is 0 Å². The second-order valence-electron chi connectivity index (χ2n) is 4.62. The zero-order chi connectivity index (χ0) is 15.2. The Labute approximate surface area is 123 Å². The van der Waals surface area contributed by atoms with Gasteiger partial charge in [0.1, 0.15) is 0 Å². The predicted octanol–water partition coefficient (Wildman–Crippen LogP) is 2.60. The van der Waals surface area contributed by atoms with Gasteiger partial charge in [-0.1, -0.05) is 12.1 Å². The Bertz CT molecular complexity index is 641. The smallest absolute Gasteiger partial charge is 0.262 e. The van der Waals surface area contributed by atoms with Gasteiger partial charge in [-0.15, -0.1) is 0 Å². The summed E-state index contributed by atoms with van der Waals surface area (Å²) in [5.41, 5.74) is 7.94. The molecule has 3 N–H and O–H groups in total. The summed E-state index contributed by atoms with van der Waals surface area (Å²) < 4.78 is 10.7. The highest BCUT2D eigenvalue weighted by Gasteiger charge is 2.08. The second kappa shape index (κ2) is 6.65. The lowest BCUT2D eigenvalue weighted by Crippen LogP contribution is -2.20. The third kappa shape index (κ3) is 4.14. The fourth-order valence-corrected chi connectivity index (χ4v) is 1.85. The first-order valence-electron chi connectivity index (χ1n) is 6.51. The van der Waals surface area contributed by atoms with Crippen LogP contribution in [0.4, 0.5) is 11.4 Å². The number of methoxy groups -OCH3 is 1. The van der Waals surface area contributed by atoms with Crippen LogP contribution in [0.1, 0.15) is 5.56 Å². The van der Waals surface area contributed by atoms with E-state index in [9.17, 15) is 4.79 Å². The van der Waals surface area contributed by atoms with Gasteiger partial charge in [0.05, 0.1) is 7.11 Å². The zero-order valence-corrected chi connectivity index (χ0v) is 12.1. The molecule has 0 atom stereocenters. The van der Waals surface area contributed by atoms with Gasteiger partial charge in [0.25, 0.3) is 5.91 Å². The molecule has 0 saturated carbocycles. The topological polar surface area (TPSA) is 73.6 Å². The summed E-state index contributed by atoms with van der Waals surface area (Å²) in [6, 6.07) is 12.5. The highest BCUT2D eigenvalue weighted by Crippen LogP contribution is 2.27. The normalized spacial score (nSPS) is 10.0. The number of rotatable bonds is 5. The first kappa shape index (κ1) is 14.7. The summed E-state index contributed by atoms with van der Waals surface area (Å²) in [5.74, 6) is 0.876. The lowest BCUT2D eigenvalue weighted by molar-refractivity contribution is -0.118. The van der Waals surface area contributed by atoms with Crippen LogP contribution in [-0.2, 0) is 4.79 Å². The molecular formula is C16H18N2O3. The van der Waals surface area contributed by atoms with E-state index in [0.717, 1.165) is 5.56 Å². The number of hydrogen-bond acceptors (Lipinski definition) is 4. The minimum Gasteiger partial charge on any atom is -0.493 e. The Morgan fingerprint density at radius 2 is 2.00 bits per heavy atom. The molecule has 5 heteroatoms.